The second kappa shape index (κ2) is 7.37. The minimum Gasteiger partial charge on any atom is -0.433 e. The molecule has 0 saturated heterocycles. The molecule has 0 bridgehead atoms. The smallest absolute Gasteiger partial charge is 0.387 e. The van der Waals surface area contributed by atoms with Gasteiger partial charge in [-0.3, -0.25) is 0 Å². The zero-order valence-corrected chi connectivity index (χ0v) is 11.0. The predicted octanol–water partition coefficient (Wildman–Crippen LogP) is 1.31. The molecule has 0 unspecified atom stereocenters. The number of alkyl halides is 2. The summed E-state index contributed by atoms with van der Waals surface area (Å²) in [6.45, 7) is -2.41. The van der Waals surface area contributed by atoms with Crippen molar-refractivity contribution >= 4 is 10.0 Å². The number of benzene rings is 1. The fourth-order valence-electron chi connectivity index (χ4n) is 1.42. The standard InChI is InChI=1S/C11H16F2N2O3S/c12-11(13)18-9-5-1-2-6-10(9)19(16,17)15-8-4-3-7-14/h1-2,5-6,11,15H,3-4,7-8,14H2. The minimum absolute atomic E-state index is 0.197. The van der Waals surface area contributed by atoms with Crippen molar-refractivity contribution in [3.8, 4) is 5.75 Å². The molecule has 0 aromatic heterocycles. The molecule has 0 radical (unpaired) electrons. The Hall–Kier alpha value is -1.25. The van der Waals surface area contributed by atoms with E-state index in [1.54, 1.807) is 0 Å². The van der Waals surface area contributed by atoms with Gasteiger partial charge in [0.2, 0.25) is 10.0 Å². The molecular formula is C11H16F2N2O3S. The van der Waals surface area contributed by atoms with Crippen LogP contribution in [-0.4, -0.2) is 28.1 Å². The van der Waals surface area contributed by atoms with Crippen LogP contribution in [0.5, 0.6) is 5.75 Å². The van der Waals surface area contributed by atoms with E-state index in [-0.39, 0.29) is 17.2 Å². The molecule has 0 spiro atoms. The van der Waals surface area contributed by atoms with Gasteiger partial charge in [-0.2, -0.15) is 8.78 Å². The van der Waals surface area contributed by atoms with Crippen molar-refractivity contribution in [1.82, 2.24) is 4.72 Å². The molecule has 0 saturated carbocycles. The number of nitrogens with one attached hydrogen (secondary N) is 1. The zero-order valence-electron chi connectivity index (χ0n) is 10.2. The number of halogens is 2. The SMILES string of the molecule is NCCCCNS(=O)(=O)c1ccccc1OC(F)F. The quantitative estimate of drug-likeness (QED) is 0.708. The first kappa shape index (κ1) is 15.8. The summed E-state index contributed by atoms with van der Waals surface area (Å²) in [5, 5.41) is 0. The Bertz CT molecular complexity index is 494. The molecule has 0 aliphatic carbocycles. The molecule has 0 aliphatic heterocycles. The van der Waals surface area contributed by atoms with Gasteiger partial charge in [0.1, 0.15) is 10.6 Å². The van der Waals surface area contributed by atoms with Gasteiger partial charge in [-0.1, -0.05) is 12.1 Å². The van der Waals surface area contributed by atoms with Crippen LogP contribution in [0.1, 0.15) is 12.8 Å². The van der Waals surface area contributed by atoms with Crippen molar-refractivity contribution in [3.63, 3.8) is 0 Å². The summed E-state index contributed by atoms with van der Waals surface area (Å²) in [5.74, 6) is -0.371. The highest BCUT2D eigenvalue weighted by molar-refractivity contribution is 7.89. The van der Waals surface area contributed by atoms with E-state index in [2.05, 4.69) is 9.46 Å². The van der Waals surface area contributed by atoms with Crippen molar-refractivity contribution in [2.24, 2.45) is 5.73 Å². The Labute approximate surface area is 110 Å². The maximum Gasteiger partial charge on any atom is 0.387 e. The second-order valence-electron chi connectivity index (χ2n) is 3.72. The van der Waals surface area contributed by atoms with Crippen molar-refractivity contribution in [2.45, 2.75) is 24.3 Å². The number of sulfonamides is 1. The molecule has 0 aliphatic rings. The first-order valence-electron chi connectivity index (χ1n) is 5.71. The molecule has 19 heavy (non-hydrogen) atoms. The zero-order chi connectivity index (χ0) is 14.3. The maximum absolute atomic E-state index is 12.2. The average Bonchev–Trinajstić information content (AvgIpc) is 2.34. The first-order chi connectivity index (χ1) is 8.97. The lowest BCUT2D eigenvalue weighted by molar-refractivity contribution is -0.0517. The molecular weight excluding hydrogens is 278 g/mol. The van der Waals surface area contributed by atoms with Crippen molar-refractivity contribution < 1.29 is 21.9 Å². The van der Waals surface area contributed by atoms with E-state index in [1.807, 2.05) is 0 Å². The first-order valence-corrected chi connectivity index (χ1v) is 7.19. The van der Waals surface area contributed by atoms with E-state index in [0.29, 0.717) is 19.4 Å². The lowest BCUT2D eigenvalue weighted by atomic mass is 10.3. The van der Waals surface area contributed by atoms with Crippen LogP contribution < -0.4 is 15.2 Å². The summed E-state index contributed by atoms with van der Waals surface area (Å²) in [7, 11) is -3.87. The van der Waals surface area contributed by atoms with Gasteiger partial charge in [0.15, 0.2) is 0 Å². The molecule has 0 amide bonds. The summed E-state index contributed by atoms with van der Waals surface area (Å²) >= 11 is 0. The monoisotopic (exact) mass is 294 g/mol. The Kier molecular flexibility index (Phi) is 6.13. The summed E-state index contributed by atoms with van der Waals surface area (Å²) in [5.41, 5.74) is 5.29. The molecule has 1 rings (SSSR count). The normalized spacial score (nSPS) is 11.8. The van der Waals surface area contributed by atoms with Crippen LogP contribution in [-0.2, 0) is 10.0 Å². The van der Waals surface area contributed by atoms with Gasteiger partial charge < -0.3 is 10.5 Å². The molecule has 0 atom stereocenters. The number of hydrogen-bond acceptors (Lipinski definition) is 4. The number of ether oxygens (including phenoxy) is 1. The van der Waals surface area contributed by atoms with Gasteiger partial charge >= 0.3 is 6.61 Å². The van der Waals surface area contributed by atoms with Gasteiger partial charge in [-0.15, -0.1) is 0 Å². The van der Waals surface area contributed by atoms with Crippen LogP contribution in [0.3, 0.4) is 0 Å². The summed E-state index contributed by atoms with van der Waals surface area (Å²) in [6, 6.07) is 5.25. The van der Waals surface area contributed by atoms with Gasteiger partial charge in [-0.25, -0.2) is 13.1 Å². The summed E-state index contributed by atoms with van der Waals surface area (Å²) < 4.78 is 54.7. The second-order valence-corrected chi connectivity index (χ2v) is 5.45. The van der Waals surface area contributed by atoms with E-state index in [9.17, 15) is 17.2 Å². The third kappa shape index (κ3) is 5.09. The van der Waals surface area contributed by atoms with E-state index < -0.39 is 16.6 Å². The highest BCUT2D eigenvalue weighted by Crippen LogP contribution is 2.24. The number of rotatable bonds is 8. The predicted molar refractivity (Wildman–Crippen MR) is 66.6 cm³/mol. The number of unbranched alkanes of at least 4 members (excludes halogenated alkanes) is 1. The highest BCUT2D eigenvalue weighted by Gasteiger charge is 2.20. The number of hydrogen-bond donors (Lipinski definition) is 2. The summed E-state index contributed by atoms with van der Waals surface area (Å²) in [6.07, 6.45) is 1.26. The summed E-state index contributed by atoms with van der Waals surface area (Å²) in [4.78, 5) is -0.303. The molecule has 0 heterocycles. The largest absolute Gasteiger partial charge is 0.433 e. The average molecular weight is 294 g/mol. The van der Waals surface area contributed by atoms with Crippen LogP contribution in [0.2, 0.25) is 0 Å². The van der Waals surface area contributed by atoms with E-state index in [0.717, 1.165) is 0 Å². The van der Waals surface area contributed by atoms with Crippen molar-refractivity contribution in [1.29, 1.82) is 0 Å². The molecule has 108 valence electrons. The fraction of sp³-hybridized carbons (Fsp3) is 0.455. The Morgan fingerprint density at radius 1 is 1.26 bits per heavy atom. The number of para-hydroxylation sites is 1. The van der Waals surface area contributed by atoms with Crippen molar-refractivity contribution in [3.05, 3.63) is 24.3 Å². The molecule has 8 heteroatoms. The fourth-order valence-corrected chi connectivity index (χ4v) is 2.63. The van der Waals surface area contributed by atoms with Crippen LogP contribution in [0.15, 0.2) is 29.2 Å². The van der Waals surface area contributed by atoms with Gasteiger partial charge in [0.05, 0.1) is 0 Å². The van der Waals surface area contributed by atoms with Crippen LogP contribution in [0.4, 0.5) is 8.78 Å². The van der Waals surface area contributed by atoms with Crippen LogP contribution >= 0.6 is 0 Å². The van der Waals surface area contributed by atoms with Gasteiger partial charge in [0.25, 0.3) is 0 Å². The van der Waals surface area contributed by atoms with E-state index >= 15 is 0 Å². The molecule has 1 aromatic rings. The molecule has 0 fully saturated rings. The van der Waals surface area contributed by atoms with E-state index in [1.165, 1.54) is 24.3 Å². The van der Waals surface area contributed by atoms with Crippen LogP contribution in [0, 0.1) is 0 Å². The molecule has 3 N–H and O–H groups in total. The minimum atomic E-state index is -3.87. The van der Waals surface area contributed by atoms with Crippen molar-refractivity contribution in [2.75, 3.05) is 13.1 Å². The lowest BCUT2D eigenvalue weighted by Gasteiger charge is -2.11. The van der Waals surface area contributed by atoms with E-state index in [4.69, 9.17) is 5.73 Å². The molecule has 5 nitrogen and oxygen atoms in total. The third-order valence-corrected chi connectivity index (χ3v) is 3.78. The highest BCUT2D eigenvalue weighted by atomic mass is 32.2. The van der Waals surface area contributed by atoms with Gasteiger partial charge in [0, 0.05) is 6.54 Å². The van der Waals surface area contributed by atoms with Crippen LogP contribution in [0.25, 0.3) is 0 Å². The topological polar surface area (TPSA) is 81.4 Å². The van der Waals surface area contributed by atoms with Gasteiger partial charge in [-0.05, 0) is 31.5 Å². The Morgan fingerprint density at radius 2 is 1.95 bits per heavy atom. The molecule has 1 aromatic carbocycles. The number of nitrogens with two attached hydrogens (primary N) is 1. The lowest BCUT2D eigenvalue weighted by Crippen LogP contribution is -2.26. The third-order valence-electron chi connectivity index (χ3n) is 2.28. The maximum atomic E-state index is 12.2. The Balaban J connectivity index is 2.82. The Morgan fingerprint density at radius 3 is 2.58 bits per heavy atom.